The van der Waals surface area contributed by atoms with Crippen LogP contribution in [0.5, 0.6) is 0 Å². The third kappa shape index (κ3) is 6.60. The molecule has 0 saturated carbocycles. The minimum Gasteiger partial charge on any atom is -0.272 e. The first-order valence-corrected chi connectivity index (χ1v) is 9.73. The molecule has 2 aromatic rings. The first-order valence-electron chi connectivity index (χ1n) is 7.35. The van der Waals surface area contributed by atoms with Gasteiger partial charge in [0.05, 0.1) is 16.9 Å². The molecule has 0 spiro atoms. The van der Waals surface area contributed by atoms with E-state index in [-0.39, 0.29) is 17.3 Å². The average Bonchev–Trinajstić information content (AvgIpc) is 2.63. The van der Waals surface area contributed by atoms with Crippen molar-refractivity contribution in [3.63, 3.8) is 0 Å². The third-order valence-corrected chi connectivity index (χ3v) is 4.92. The summed E-state index contributed by atoms with van der Waals surface area (Å²) in [7, 11) is 0. The average molecular weight is 375 g/mol. The number of nitro groups is 1. The van der Waals surface area contributed by atoms with Crippen molar-refractivity contribution in [2.75, 3.05) is 12.0 Å². The second-order valence-corrected chi connectivity index (χ2v) is 6.85. The van der Waals surface area contributed by atoms with Crippen molar-refractivity contribution < 1.29 is 9.72 Å². The molecule has 0 aliphatic rings. The number of hydrazone groups is 1. The van der Waals surface area contributed by atoms with E-state index < -0.39 is 4.92 Å². The maximum Gasteiger partial charge on any atom is 0.269 e. The molecule has 0 fully saturated rings. The van der Waals surface area contributed by atoms with Crippen LogP contribution in [0.25, 0.3) is 0 Å². The van der Waals surface area contributed by atoms with Gasteiger partial charge in [-0.15, -0.1) is 23.5 Å². The molecule has 2 rings (SSSR count). The molecule has 0 saturated heterocycles. The minimum atomic E-state index is -0.434. The van der Waals surface area contributed by atoms with Gasteiger partial charge in [0.25, 0.3) is 5.69 Å². The van der Waals surface area contributed by atoms with E-state index in [1.54, 1.807) is 30.1 Å². The molecular formula is C17H17N3O3S2. The van der Waals surface area contributed by atoms with Gasteiger partial charge in [-0.2, -0.15) is 5.10 Å². The van der Waals surface area contributed by atoms with Crippen LogP contribution >= 0.6 is 23.5 Å². The van der Waals surface area contributed by atoms with Crippen molar-refractivity contribution in [1.29, 1.82) is 0 Å². The number of non-ortho nitro benzene ring substituents is 1. The predicted octanol–water partition coefficient (Wildman–Crippen LogP) is 3.70. The van der Waals surface area contributed by atoms with Gasteiger partial charge < -0.3 is 0 Å². The van der Waals surface area contributed by atoms with Crippen LogP contribution in [0.15, 0.2) is 58.5 Å². The molecule has 0 atom stereocenters. The summed E-state index contributed by atoms with van der Waals surface area (Å²) in [6, 6.07) is 14.2. The Balaban J connectivity index is 1.71. The summed E-state index contributed by atoms with van der Waals surface area (Å²) in [5.74, 6) is 0.675. The van der Waals surface area contributed by atoms with Gasteiger partial charge >= 0.3 is 0 Å². The monoisotopic (exact) mass is 375 g/mol. The molecule has 1 N–H and O–H groups in total. The molecule has 0 heterocycles. The van der Waals surface area contributed by atoms with Gasteiger partial charge in [-0.1, -0.05) is 24.3 Å². The molecule has 0 bridgehead atoms. The molecule has 130 valence electrons. The number of hydrogen-bond acceptors (Lipinski definition) is 6. The standard InChI is InChI=1S/C17H17N3O3S2/c1-24-16-8-4-13(5-9-16)10-18-19-17(21)12-25-11-14-2-6-15(7-3-14)20(22)23/h2-10H,11-12H2,1H3,(H,19,21)/b18-10-. The lowest BCUT2D eigenvalue weighted by atomic mass is 10.2. The van der Waals surface area contributed by atoms with Crippen molar-refractivity contribution in [3.05, 3.63) is 69.8 Å². The summed E-state index contributed by atoms with van der Waals surface area (Å²) in [5, 5.41) is 14.5. The molecular weight excluding hydrogens is 358 g/mol. The van der Waals surface area contributed by atoms with Gasteiger partial charge in [-0.3, -0.25) is 14.9 Å². The minimum absolute atomic E-state index is 0.0615. The predicted molar refractivity (Wildman–Crippen MR) is 103 cm³/mol. The van der Waals surface area contributed by atoms with Crippen LogP contribution in [0.2, 0.25) is 0 Å². The SMILES string of the molecule is CSc1ccc(/C=N\NC(=O)CSCc2ccc([N+](=O)[O-])cc2)cc1. The molecule has 0 aromatic heterocycles. The van der Waals surface area contributed by atoms with E-state index in [4.69, 9.17) is 0 Å². The van der Waals surface area contributed by atoms with Gasteiger partial charge in [0, 0.05) is 22.8 Å². The number of nitro benzene ring substituents is 1. The Kier molecular flexibility index (Phi) is 7.49. The number of carbonyl (C=O) groups is 1. The van der Waals surface area contributed by atoms with E-state index in [0.29, 0.717) is 5.75 Å². The van der Waals surface area contributed by atoms with Gasteiger partial charge in [0.15, 0.2) is 0 Å². The van der Waals surface area contributed by atoms with Gasteiger partial charge in [-0.05, 0) is 29.5 Å². The summed E-state index contributed by atoms with van der Waals surface area (Å²) in [6.07, 6.45) is 3.61. The summed E-state index contributed by atoms with van der Waals surface area (Å²) in [5.41, 5.74) is 4.39. The van der Waals surface area contributed by atoms with Crippen LogP contribution in [-0.2, 0) is 10.5 Å². The van der Waals surface area contributed by atoms with Crippen LogP contribution in [0.3, 0.4) is 0 Å². The lowest BCUT2D eigenvalue weighted by molar-refractivity contribution is -0.384. The highest BCUT2D eigenvalue weighted by Crippen LogP contribution is 2.16. The number of nitrogens with one attached hydrogen (secondary N) is 1. The van der Waals surface area contributed by atoms with Crippen LogP contribution < -0.4 is 5.43 Å². The van der Waals surface area contributed by atoms with Gasteiger partial charge in [0.1, 0.15) is 0 Å². The molecule has 0 radical (unpaired) electrons. The maximum absolute atomic E-state index is 11.7. The zero-order chi connectivity index (χ0) is 18.1. The largest absolute Gasteiger partial charge is 0.272 e. The van der Waals surface area contributed by atoms with Crippen LogP contribution in [0.1, 0.15) is 11.1 Å². The van der Waals surface area contributed by atoms with Crippen molar-refractivity contribution in [2.45, 2.75) is 10.6 Å². The van der Waals surface area contributed by atoms with E-state index in [2.05, 4.69) is 10.5 Å². The fourth-order valence-electron chi connectivity index (χ4n) is 1.88. The number of benzene rings is 2. The number of carbonyl (C=O) groups excluding carboxylic acids is 1. The lowest BCUT2D eigenvalue weighted by Gasteiger charge is -2.02. The summed E-state index contributed by atoms with van der Waals surface area (Å²) in [6.45, 7) is 0. The Bertz CT molecular complexity index is 747. The molecule has 8 heteroatoms. The Morgan fingerprint density at radius 1 is 1.20 bits per heavy atom. The fraction of sp³-hybridized carbons (Fsp3) is 0.176. The maximum atomic E-state index is 11.7. The molecule has 1 amide bonds. The van der Waals surface area contributed by atoms with Crippen LogP contribution in [0.4, 0.5) is 5.69 Å². The zero-order valence-corrected chi connectivity index (χ0v) is 15.2. The number of nitrogens with zero attached hydrogens (tertiary/aromatic N) is 2. The summed E-state index contributed by atoms with van der Waals surface area (Å²) < 4.78 is 0. The summed E-state index contributed by atoms with van der Waals surface area (Å²) in [4.78, 5) is 23.0. The van der Waals surface area contributed by atoms with E-state index in [1.807, 2.05) is 30.5 Å². The third-order valence-electron chi connectivity index (χ3n) is 3.17. The van der Waals surface area contributed by atoms with Crippen LogP contribution in [0, 0.1) is 10.1 Å². The Labute approximate surface area is 154 Å². The van der Waals surface area contributed by atoms with Crippen LogP contribution in [-0.4, -0.2) is 29.1 Å². The molecule has 0 aliphatic carbocycles. The molecule has 0 unspecified atom stereocenters. The first-order chi connectivity index (χ1) is 12.1. The first kappa shape index (κ1) is 19.0. The topological polar surface area (TPSA) is 84.6 Å². The zero-order valence-electron chi connectivity index (χ0n) is 13.5. The quantitative estimate of drug-likeness (QED) is 0.329. The van der Waals surface area contributed by atoms with Crippen molar-refractivity contribution in [2.24, 2.45) is 5.10 Å². The van der Waals surface area contributed by atoms with Crippen molar-refractivity contribution in [3.8, 4) is 0 Å². The van der Waals surface area contributed by atoms with E-state index in [1.165, 1.54) is 28.8 Å². The van der Waals surface area contributed by atoms with Gasteiger partial charge in [0.2, 0.25) is 5.91 Å². The number of hydrogen-bond donors (Lipinski definition) is 1. The van der Waals surface area contributed by atoms with E-state index >= 15 is 0 Å². The lowest BCUT2D eigenvalue weighted by Crippen LogP contribution is -2.19. The Hall–Kier alpha value is -2.32. The van der Waals surface area contributed by atoms with E-state index in [0.717, 1.165) is 11.1 Å². The second-order valence-electron chi connectivity index (χ2n) is 4.98. The normalized spacial score (nSPS) is 10.8. The smallest absolute Gasteiger partial charge is 0.269 e. The number of rotatable bonds is 8. The van der Waals surface area contributed by atoms with Crippen molar-refractivity contribution >= 4 is 41.3 Å². The Morgan fingerprint density at radius 2 is 1.88 bits per heavy atom. The highest BCUT2D eigenvalue weighted by Gasteiger charge is 2.05. The molecule has 25 heavy (non-hydrogen) atoms. The second kappa shape index (κ2) is 9.85. The highest BCUT2D eigenvalue weighted by molar-refractivity contribution is 7.99. The van der Waals surface area contributed by atoms with E-state index in [9.17, 15) is 14.9 Å². The molecule has 2 aromatic carbocycles. The van der Waals surface area contributed by atoms with Crippen molar-refractivity contribution in [1.82, 2.24) is 5.43 Å². The summed E-state index contributed by atoms with van der Waals surface area (Å²) >= 11 is 3.09. The number of thioether (sulfide) groups is 2. The Morgan fingerprint density at radius 3 is 2.48 bits per heavy atom. The molecule has 0 aliphatic heterocycles. The highest BCUT2D eigenvalue weighted by atomic mass is 32.2. The number of amides is 1. The molecule has 6 nitrogen and oxygen atoms in total. The van der Waals surface area contributed by atoms with Gasteiger partial charge in [-0.25, -0.2) is 5.43 Å². The fourth-order valence-corrected chi connectivity index (χ4v) is 3.06.